The first-order chi connectivity index (χ1) is 20.2. The molecule has 2 fully saturated rings. The molecule has 0 bridgehead atoms. The summed E-state index contributed by atoms with van der Waals surface area (Å²) in [5.74, 6) is -2.48. The molecule has 2 aromatic carbocycles. The number of ether oxygens (including phenoxy) is 2. The smallest absolute Gasteiger partial charge is 0.410 e. The normalized spacial score (nSPS) is 17.0. The van der Waals surface area contributed by atoms with Gasteiger partial charge < -0.3 is 14.4 Å². The van der Waals surface area contributed by atoms with Crippen LogP contribution in [0.1, 0.15) is 36.7 Å². The molecule has 0 N–H and O–H groups in total. The Morgan fingerprint density at radius 3 is 2.28 bits per heavy atom. The molecule has 14 heteroatoms. The SMILES string of the molecule is COC(=O)c1ccc(CN(c2ccc(F)c(Cl)c2)S(=O)(=O)CCN2CCN(C3CN(C(=O)OC(C)(C)C)C3)CC2)c(F)c1. The van der Waals surface area contributed by atoms with Crippen molar-refractivity contribution in [1.29, 1.82) is 0 Å². The molecule has 2 heterocycles. The summed E-state index contributed by atoms with van der Waals surface area (Å²) in [5.41, 5.74) is -0.448. The maximum Gasteiger partial charge on any atom is 0.410 e. The van der Waals surface area contributed by atoms with Crippen LogP contribution in [0.4, 0.5) is 19.3 Å². The first-order valence-corrected chi connectivity index (χ1v) is 15.9. The number of likely N-dealkylation sites (tertiary alicyclic amines) is 1. The lowest BCUT2D eigenvalue weighted by Crippen LogP contribution is -2.64. The van der Waals surface area contributed by atoms with Crippen LogP contribution < -0.4 is 4.31 Å². The molecular weight excluding hydrogens is 606 g/mol. The van der Waals surface area contributed by atoms with Crippen LogP contribution in [-0.2, 0) is 26.0 Å². The lowest BCUT2D eigenvalue weighted by atomic mass is 10.1. The number of rotatable bonds is 9. The summed E-state index contributed by atoms with van der Waals surface area (Å²) < 4.78 is 67.2. The second kappa shape index (κ2) is 13.3. The van der Waals surface area contributed by atoms with Crippen LogP contribution >= 0.6 is 11.6 Å². The summed E-state index contributed by atoms with van der Waals surface area (Å²) in [4.78, 5) is 30.0. The first kappa shape index (κ1) is 32.9. The highest BCUT2D eigenvalue weighted by Crippen LogP contribution is 2.28. The molecule has 2 aromatic rings. The third-order valence-corrected chi connectivity index (χ3v) is 9.42. The highest BCUT2D eigenvalue weighted by Gasteiger charge is 2.38. The molecular formula is C29H37ClF2N4O6S. The average molecular weight is 643 g/mol. The van der Waals surface area contributed by atoms with E-state index in [-0.39, 0.29) is 52.8 Å². The standard InChI is InChI=1S/C29H37ClF2N4O6S/c1-29(2,3)42-28(38)35-18-23(19-35)34-11-9-33(10-12-34)13-14-43(39,40)36(22-7-8-25(31)24(30)16-22)17-21-6-5-20(15-26(21)32)27(37)41-4/h5-8,15-16,23H,9-14,17-19H2,1-4H3. The van der Waals surface area contributed by atoms with Gasteiger partial charge in [0.1, 0.15) is 17.2 Å². The Labute approximate surface area is 256 Å². The molecule has 1 amide bonds. The molecule has 4 rings (SSSR count). The monoisotopic (exact) mass is 642 g/mol. The van der Waals surface area contributed by atoms with E-state index in [1.165, 1.54) is 31.4 Å². The number of amides is 1. The van der Waals surface area contributed by atoms with Gasteiger partial charge in [0.15, 0.2) is 0 Å². The van der Waals surface area contributed by atoms with Crippen molar-refractivity contribution < 1.29 is 36.3 Å². The summed E-state index contributed by atoms with van der Waals surface area (Å²) >= 11 is 5.96. The number of nitrogens with zero attached hydrogens (tertiary/aromatic N) is 4. The predicted molar refractivity (Wildman–Crippen MR) is 159 cm³/mol. The minimum atomic E-state index is -4.03. The number of methoxy groups -OCH3 is 1. The van der Waals surface area contributed by atoms with Gasteiger partial charge in [-0.2, -0.15) is 0 Å². The molecule has 0 radical (unpaired) electrons. The van der Waals surface area contributed by atoms with E-state index in [0.717, 1.165) is 29.5 Å². The van der Waals surface area contributed by atoms with Crippen LogP contribution in [0.2, 0.25) is 5.02 Å². The number of carbonyl (C=O) groups excluding carboxylic acids is 2. The zero-order valence-corrected chi connectivity index (χ0v) is 26.3. The first-order valence-electron chi connectivity index (χ1n) is 13.9. The molecule has 236 valence electrons. The van der Waals surface area contributed by atoms with E-state index in [1.807, 2.05) is 25.7 Å². The Kier molecular flexibility index (Phi) is 10.2. The van der Waals surface area contributed by atoms with Crippen LogP contribution in [0.3, 0.4) is 0 Å². The lowest BCUT2D eigenvalue weighted by molar-refractivity contribution is -0.0243. The van der Waals surface area contributed by atoms with Gasteiger partial charge in [0.05, 0.1) is 35.7 Å². The summed E-state index contributed by atoms with van der Waals surface area (Å²) in [5, 5.41) is -0.267. The fraction of sp³-hybridized carbons (Fsp3) is 0.517. The van der Waals surface area contributed by atoms with E-state index >= 15 is 0 Å². The molecule has 0 aliphatic carbocycles. The van der Waals surface area contributed by atoms with E-state index in [2.05, 4.69) is 9.64 Å². The molecule has 0 spiro atoms. The van der Waals surface area contributed by atoms with Crippen molar-refractivity contribution in [3.63, 3.8) is 0 Å². The number of sulfonamides is 1. The minimum Gasteiger partial charge on any atom is -0.465 e. The molecule has 0 aromatic heterocycles. The summed E-state index contributed by atoms with van der Waals surface area (Å²) in [6.45, 7) is 9.26. The van der Waals surface area contributed by atoms with Crippen molar-refractivity contribution in [2.75, 3.05) is 63.0 Å². The predicted octanol–water partition coefficient (Wildman–Crippen LogP) is 3.98. The highest BCUT2D eigenvalue weighted by atomic mass is 35.5. The van der Waals surface area contributed by atoms with Crippen LogP contribution in [0.15, 0.2) is 36.4 Å². The van der Waals surface area contributed by atoms with Gasteiger partial charge in [-0.1, -0.05) is 17.7 Å². The molecule has 2 aliphatic heterocycles. The van der Waals surface area contributed by atoms with Gasteiger partial charge in [-0.25, -0.2) is 26.8 Å². The quantitative estimate of drug-likeness (QED) is 0.379. The molecule has 2 aliphatic rings. The Hall–Kier alpha value is -3.00. The fourth-order valence-corrected chi connectivity index (χ4v) is 6.59. The van der Waals surface area contributed by atoms with Crippen LogP contribution in [0.25, 0.3) is 0 Å². The van der Waals surface area contributed by atoms with Crippen LogP contribution in [0, 0.1) is 11.6 Å². The maximum atomic E-state index is 15.0. The third-order valence-electron chi connectivity index (χ3n) is 7.42. The Balaban J connectivity index is 1.38. The molecule has 10 nitrogen and oxygen atoms in total. The van der Waals surface area contributed by atoms with Gasteiger partial charge in [-0.05, 0) is 51.1 Å². The maximum absolute atomic E-state index is 15.0. The van der Waals surface area contributed by atoms with Crippen molar-refractivity contribution >= 4 is 39.4 Å². The molecule has 43 heavy (non-hydrogen) atoms. The number of benzene rings is 2. The van der Waals surface area contributed by atoms with E-state index in [9.17, 15) is 26.8 Å². The molecule has 0 atom stereocenters. The van der Waals surface area contributed by atoms with Crippen molar-refractivity contribution in [3.8, 4) is 0 Å². The Morgan fingerprint density at radius 1 is 1.02 bits per heavy atom. The second-order valence-corrected chi connectivity index (χ2v) is 14.1. The number of halogens is 3. The van der Waals surface area contributed by atoms with Crippen molar-refractivity contribution in [2.24, 2.45) is 0 Å². The third kappa shape index (κ3) is 8.34. The second-order valence-electron chi connectivity index (χ2n) is 11.6. The van der Waals surface area contributed by atoms with Crippen LogP contribution in [0.5, 0.6) is 0 Å². The van der Waals surface area contributed by atoms with Gasteiger partial charge in [0.2, 0.25) is 10.0 Å². The average Bonchev–Trinajstić information content (AvgIpc) is 2.91. The zero-order valence-electron chi connectivity index (χ0n) is 24.7. The van der Waals surface area contributed by atoms with E-state index in [4.69, 9.17) is 16.3 Å². The van der Waals surface area contributed by atoms with E-state index in [1.54, 1.807) is 4.90 Å². The van der Waals surface area contributed by atoms with Gasteiger partial charge in [-0.3, -0.25) is 14.1 Å². The zero-order chi connectivity index (χ0) is 31.5. The van der Waals surface area contributed by atoms with Crippen molar-refractivity contribution in [3.05, 3.63) is 64.2 Å². The fourth-order valence-electron chi connectivity index (χ4n) is 4.93. The van der Waals surface area contributed by atoms with Gasteiger partial charge in [0, 0.05) is 57.4 Å². The Bertz CT molecular complexity index is 1440. The van der Waals surface area contributed by atoms with Gasteiger partial charge in [0.25, 0.3) is 0 Å². The number of hydrogen-bond acceptors (Lipinski definition) is 8. The van der Waals surface area contributed by atoms with Crippen molar-refractivity contribution in [1.82, 2.24) is 14.7 Å². The minimum absolute atomic E-state index is 0.0124. The largest absolute Gasteiger partial charge is 0.465 e. The van der Waals surface area contributed by atoms with E-state index < -0.39 is 33.2 Å². The molecule has 0 unspecified atom stereocenters. The number of carbonyl (C=O) groups is 2. The molecule has 2 saturated heterocycles. The summed E-state index contributed by atoms with van der Waals surface area (Å²) in [6.07, 6.45) is -0.320. The summed E-state index contributed by atoms with van der Waals surface area (Å²) in [6, 6.07) is 7.40. The van der Waals surface area contributed by atoms with Crippen molar-refractivity contribution in [2.45, 2.75) is 39.0 Å². The number of piperazine rings is 1. The van der Waals surface area contributed by atoms with Gasteiger partial charge in [-0.15, -0.1) is 0 Å². The number of esters is 1. The molecule has 0 saturated carbocycles. The topological polar surface area (TPSA) is 99.7 Å². The van der Waals surface area contributed by atoms with E-state index in [0.29, 0.717) is 26.2 Å². The van der Waals surface area contributed by atoms with Crippen LogP contribution in [-0.4, -0.2) is 105 Å². The summed E-state index contributed by atoms with van der Waals surface area (Å²) in [7, 11) is -2.85. The number of hydrogen-bond donors (Lipinski definition) is 0. The Morgan fingerprint density at radius 2 is 1.70 bits per heavy atom. The lowest BCUT2D eigenvalue weighted by Gasteiger charge is -2.48. The highest BCUT2D eigenvalue weighted by molar-refractivity contribution is 7.92. The number of anilines is 1. The van der Waals surface area contributed by atoms with Gasteiger partial charge >= 0.3 is 12.1 Å².